The Morgan fingerprint density at radius 3 is 1.38 bits per heavy atom. The highest BCUT2D eigenvalue weighted by atomic mass is 16.5. The highest BCUT2D eigenvalue weighted by molar-refractivity contribution is 5.43. The molecule has 0 amide bonds. The largest absolute Gasteiger partial charge is 0.504 e. The first-order chi connectivity index (χ1) is 12.1. The number of aromatic hydroxyl groups is 2. The highest BCUT2D eigenvalue weighted by Gasteiger charge is 2.42. The van der Waals surface area contributed by atoms with Crippen molar-refractivity contribution in [1.82, 2.24) is 0 Å². The molecule has 0 unspecified atom stereocenters. The minimum absolute atomic E-state index is 0.0128. The zero-order valence-electron chi connectivity index (χ0n) is 15.5. The van der Waals surface area contributed by atoms with Gasteiger partial charge in [-0.25, -0.2) is 0 Å². The van der Waals surface area contributed by atoms with Crippen LogP contribution in [0.1, 0.15) is 25.0 Å². The molecule has 0 radical (unpaired) electrons. The Bertz CT molecular complexity index is 701. The maximum Gasteiger partial charge on any atom is 0.160 e. The lowest BCUT2D eigenvalue weighted by atomic mass is 9.77. The van der Waals surface area contributed by atoms with Crippen molar-refractivity contribution in [3.05, 3.63) is 47.5 Å². The van der Waals surface area contributed by atoms with Gasteiger partial charge in [0.15, 0.2) is 23.0 Å². The van der Waals surface area contributed by atoms with Gasteiger partial charge in [0.05, 0.1) is 25.4 Å². The number of ether oxygens (including phenoxy) is 2. The molecule has 2 aromatic rings. The molecule has 0 bridgehead atoms. The van der Waals surface area contributed by atoms with Gasteiger partial charge in [-0.3, -0.25) is 0 Å². The first kappa shape index (κ1) is 19.9. The molecule has 142 valence electrons. The van der Waals surface area contributed by atoms with E-state index < -0.39 is 11.2 Å². The molecule has 0 fully saturated rings. The topological polar surface area (TPSA) is 99.4 Å². The Hall–Kier alpha value is -2.44. The molecule has 0 saturated heterocycles. The number of phenols is 2. The summed E-state index contributed by atoms with van der Waals surface area (Å²) in [5.74, 6) is 0.639. The lowest BCUT2D eigenvalue weighted by Crippen LogP contribution is -2.53. The number of hydrogen-bond acceptors (Lipinski definition) is 6. The van der Waals surface area contributed by atoms with Crippen molar-refractivity contribution in [3.8, 4) is 23.0 Å². The van der Waals surface area contributed by atoms with Crippen molar-refractivity contribution in [2.24, 2.45) is 0 Å². The predicted molar refractivity (Wildman–Crippen MR) is 98.0 cm³/mol. The Balaban J connectivity index is 2.23. The van der Waals surface area contributed by atoms with E-state index in [9.17, 15) is 20.4 Å². The number of rotatable bonds is 7. The molecule has 2 atom stereocenters. The molecule has 4 N–H and O–H groups in total. The number of hydrogen-bond donors (Lipinski definition) is 4. The standard InChI is InChI=1S/C20H26O6/c1-19(23,11-13-5-7-15(21)17(9-13)25-3)20(2,24)12-14-6-8-16(22)18(10-14)26-4/h5-10,21-24H,11-12H2,1-4H3/t19-,20-/m0/s1. The lowest BCUT2D eigenvalue weighted by molar-refractivity contribution is -0.129. The van der Waals surface area contributed by atoms with Crippen LogP contribution in [0, 0.1) is 0 Å². The quantitative estimate of drug-likeness (QED) is 0.604. The molecule has 0 aliphatic rings. The Morgan fingerprint density at radius 1 is 0.731 bits per heavy atom. The van der Waals surface area contributed by atoms with Crippen molar-refractivity contribution in [1.29, 1.82) is 0 Å². The van der Waals surface area contributed by atoms with E-state index in [4.69, 9.17) is 9.47 Å². The SMILES string of the molecule is COc1cc(C[C@](C)(O)[C@@](C)(O)Cc2ccc(O)c(OC)c2)ccc1O. The van der Waals surface area contributed by atoms with Gasteiger partial charge in [-0.15, -0.1) is 0 Å². The van der Waals surface area contributed by atoms with Gasteiger partial charge in [-0.1, -0.05) is 12.1 Å². The van der Waals surface area contributed by atoms with Crippen LogP contribution >= 0.6 is 0 Å². The molecule has 0 aliphatic heterocycles. The fourth-order valence-electron chi connectivity index (χ4n) is 2.84. The summed E-state index contributed by atoms with van der Waals surface area (Å²) in [6.45, 7) is 3.12. The second kappa shape index (κ2) is 7.43. The van der Waals surface area contributed by atoms with Crippen molar-refractivity contribution in [2.75, 3.05) is 14.2 Å². The zero-order valence-corrected chi connectivity index (χ0v) is 15.5. The average molecular weight is 362 g/mol. The van der Waals surface area contributed by atoms with E-state index >= 15 is 0 Å². The van der Waals surface area contributed by atoms with Crippen molar-refractivity contribution < 1.29 is 29.9 Å². The van der Waals surface area contributed by atoms with E-state index in [2.05, 4.69) is 0 Å². The average Bonchev–Trinajstić information content (AvgIpc) is 2.57. The number of phenolic OH excluding ortho intramolecular Hbond substituents is 2. The van der Waals surface area contributed by atoms with Crippen LogP contribution in [-0.2, 0) is 12.8 Å². The van der Waals surface area contributed by atoms with Crippen LogP contribution in [-0.4, -0.2) is 45.8 Å². The van der Waals surface area contributed by atoms with Crippen LogP contribution in [0.2, 0.25) is 0 Å². The second-order valence-electron chi connectivity index (χ2n) is 6.91. The van der Waals surface area contributed by atoms with Gasteiger partial charge >= 0.3 is 0 Å². The minimum Gasteiger partial charge on any atom is -0.504 e. The first-order valence-corrected chi connectivity index (χ1v) is 8.26. The fraction of sp³-hybridized carbons (Fsp3) is 0.400. The third-order valence-corrected chi connectivity index (χ3v) is 4.75. The molecule has 2 rings (SSSR count). The molecule has 0 saturated carbocycles. The maximum absolute atomic E-state index is 10.9. The van der Waals surface area contributed by atoms with Crippen LogP contribution in [0.25, 0.3) is 0 Å². The summed E-state index contributed by atoms with van der Waals surface area (Å²) in [6, 6.07) is 9.58. The monoisotopic (exact) mass is 362 g/mol. The lowest BCUT2D eigenvalue weighted by Gasteiger charge is -2.39. The van der Waals surface area contributed by atoms with E-state index in [1.165, 1.54) is 26.4 Å². The molecule has 0 aromatic heterocycles. The molecule has 0 aliphatic carbocycles. The normalized spacial score (nSPS) is 15.8. The van der Waals surface area contributed by atoms with Gasteiger partial charge in [-0.2, -0.15) is 0 Å². The molecule has 26 heavy (non-hydrogen) atoms. The Kier molecular flexibility index (Phi) is 5.68. The van der Waals surface area contributed by atoms with E-state index in [-0.39, 0.29) is 24.3 Å². The maximum atomic E-state index is 10.9. The molecule has 0 spiro atoms. The van der Waals surface area contributed by atoms with Crippen LogP contribution in [0.4, 0.5) is 0 Å². The van der Waals surface area contributed by atoms with Gasteiger partial charge in [0.1, 0.15) is 0 Å². The summed E-state index contributed by atoms with van der Waals surface area (Å²) >= 11 is 0. The van der Waals surface area contributed by atoms with Gasteiger partial charge in [0.2, 0.25) is 0 Å². The predicted octanol–water partition coefficient (Wildman–Crippen LogP) is 2.40. The van der Waals surface area contributed by atoms with Crippen molar-refractivity contribution in [2.45, 2.75) is 37.9 Å². The number of benzene rings is 2. The van der Waals surface area contributed by atoms with Crippen molar-refractivity contribution >= 4 is 0 Å². The second-order valence-corrected chi connectivity index (χ2v) is 6.91. The van der Waals surface area contributed by atoms with Gasteiger partial charge in [0.25, 0.3) is 0 Å². The molecular formula is C20H26O6. The smallest absolute Gasteiger partial charge is 0.160 e. The van der Waals surface area contributed by atoms with Gasteiger partial charge in [-0.05, 0) is 49.2 Å². The number of methoxy groups -OCH3 is 2. The summed E-state index contributed by atoms with van der Waals surface area (Å²) in [5.41, 5.74) is -1.48. The summed E-state index contributed by atoms with van der Waals surface area (Å²) < 4.78 is 10.2. The van der Waals surface area contributed by atoms with E-state index in [1.807, 2.05) is 0 Å². The number of aliphatic hydroxyl groups is 2. The summed E-state index contributed by atoms with van der Waals surface area (Å²) in [4.78, 5) is 0. The minimum atomic E-state index is -1.46. The van der Waals surface area contributed by atoms with Crippen LogP contribution in [0.15, 0.2) is 36.4 Å². The molecule has 6 nitrogen and oxygen atoms in total. The Morgan fingerprint density at radius 2 is 1.08 bits per heavy atom. The van der Waals surface area contributed by atoms with Gasteiger partial charge in [0, 0.05) is 12.8 Å². The fourth-order valence-corrected chi connectivity index (χ4v) is 2.84. The van der Waals surface area contributed by atoms with E-state index in [1.54, 1.807) is 38.1 Å². The molecule has 2 aromatic carbocycles. The summed E-state index contributed by atoms with van der Waals surface area (Å²) in [7, 11) is 2.90. The van der Waals surface area contributed by atoms with Crippen LogP contribution < -0.4 is 9.47 Å². The van der Waals surface area contributed by atoms with Gasteiger partial charge < -0.3 is 29.9 Å². The molecular weight excluding hydrogens is 336 g/mol. The Labute approximate surface area is 153 Å². The van der Waals surface area contributed by atoms with Crippen LogP contribution in [0.3, 0.4) is 0 Å². The molecule has 6 heteroatoms. The van der Waals surface area contributed by atoms with E-state index in [0.717, 1.165) is 0 Å². The third-order valence-electron chi connectivity index (χ3n) is 4.75. The highest BCUT2D eigenvalue weighted by Crippen LogP contribution is 2.34. The zero-order chi connectivity index (χ0) is 19.5. The van der Waals surface area contributed by atoms with Crippen LogP contribution in [0.5, 0.6) is 23.0 Å². The summed E-state index contributed by atoms with van der Waals surface area (Å²) in [6.07, 6.45) is 0.317. The van der Waals surface area contributed by atoms with E-state index in [0.29, 0.717) is 22.6 Å². The summed E-state index contributed by atoms with van der Waals surface area (Å²) in [5, 5.41) is 41.3. The third kappa shape index (κ3) is 4.20. The molecule has 0 heterocycles. The first-order valence-electron chi connectivity index (χ1n) is 8.26. The van der Waals surface area contributed by atoms with Crippen molar-refractivity contribution in [3.63, 3.8) is 0 Å².